The lowest BCUT2D eigenvalue weighted by Crippen LogP contribution is -2.22. The first-order valence-electron chi connectivity index (χ1n) is 4.22. The molecule has 1 aromatic rings. The summed E-state index contributed by atoms with van der Waals surface area (Å²) in [6.07, 6.45) is -1.65. The molecule has 6 heteroatoms. The summed E-state index contributed by atoms with van der Waals surface area (Å²) in [5.41, 5.74) is 0.868. The van der Waals surface area contributed by atoms with Crippen LogP contribution in [0.15, 0.2) is 12.5 Å². The fraction of sp³-hybridized carbons (Fsp3) is 0.625. The highest BCUT2D eigenvalue weighted by molar-refractivity contribution is 4.96. The molecular formula is C8H12F3N3. The van der Waals surface area contributed by atoms with Crippen LogP contribution >= 0.6 is 0 Å². The van der Waals surface area contributed by atoms with Crippen molar-refractivity contribution in [2.45, 2.75) is 19.1 Å². The van der Waals surface area contributed by atoms with Gasteiger partial charge in [-0.3, -0.25) is 0 Å². The molecule has 1 aromatic heterocycles. The predicted octanol–water partition coefficient (Wildman–Crippen LogP) is 1.46. The van der Waals surface area contributed by atoms with Gasteiger partial charge in [0.2, 0.25) is 0 Å². The maximum Gasteiger partial charge on any atom is 0.390 e. The predicted molar refractivity (Wildman–Crippen MR) is 45.6 cm³/mol. The first kappa shape index (κ1) is 11.0. The van der Waals surface area contributed by atoms with Crippen LogP contribution in [0.1, 0.15) is 12.1 Å². The molecule has 0 bridgehead atoms. The number of aromatic nitrogens is 2. The van der Waals surface area contributed by atoms with Crippen molar-refractivity contribution in [1.29, 1.82) is 0 Å². The summed E-state index contributed by atoms with van der Waals surface area (Å²) in [6.45, 7) is 0.348. The van der Waals surface area contributed by atoms with Gasteiger partial charge in [-0.1, -0.05) is 0 Å². The number of hydrogen-bond donors (Lipinski definition) is 1. The summed E-state index contributed by atoms with van der Waals surface area (Å²) in [4.78, 5) is 3.85. The summed E-state index contributed by atoms with van der Waals surface area (Å²) in [7, 11) is 1.80. The molecule has 0 atom stereocenters. The molecule has 1 N–H and O–H groups in total. The van der Waals surface area contributed by atoms with E-state index in [1.165, 1.54) is 0 Å². The van der Waals surface area contributed by atoms with E-state index in [2.05, 4.69) is 10.3 Å². The molecule has 0 amide bonds. The van der Waals surface area contributed by atoms with Crippen LogP contribution in [0.3, 0.4) is 0 Å². The van der Waals surface area contributed by atoms with Gasteiger partial charge in [0.25, 0.3) is 0 Å². The normalized spacial score (nSPS) is 12.0. The van der Waals surface area contributed by atoms with E-state index in [9.17, 15) is 13.2 Å². The third-order valence-corrected chi connectivity index (χ3v) is 1.81. The Morgan fingerprint density at radius 3 is 2.71 bits per heavy atom. The molecule has 0 aliphatic carbocycles. The molecule has 0 saturated heterocycles. The standard InChI is InChI=1S/C8H12F3N3/c1-14-6-13-5-7(14)4-12-3-2-8(9,10)11/h5-6,12H,2-4H2,1H3. The molecule has 0 spiro atoms. The number of aryl methyl sites for hydroxylation is 1. The van der Waals surface area contributed by atoms with E-state index >= 15 is 0 Å². The minimum absolute atomic E-state index is 0.0608. The molecule has 0 aromatic carbocycles. The minimum Gasteiger partial charge on any atom is -0.337 e. The van der Waals surface area contributed by atoms with Gasteiger partial charge in [-0.05, 0) is 0 Å². The Morgan fingerprint density at radius 2 is 2.21 bits per heavy atom. The average molecular weight is 207 g/mol. The van der Waals surface area contributed by atoms with Gasteiger partial charge in [-0.25, -0.2) is 4.98 Å². The Bertz CT molecular complexity index is 280. The molecule has 1 rings (SSSR count). The van der Waals surface area contributed by atoms with Gasteiger partial charge in [0.1, 0.15) is 0 Å². The van der Waals surface area contributed by atoms with Gasteiger partial charge >= 0.3 is 6.18 Å². The van der Waals surface area contributed by atoms with Crippen molar-refractivity contribution >= 4 is 0 Å². The zero-order valence-corrected chi connectivity index (χ0v) is 7.80. The Kier molecular flexibility index (Phi) is 3.51. The second-order valence-electron chi connectivity index (χ2n) is 3.04. The Balaban J connectivity index is 2.20. The molecule has 0 radical (unpaired) electrons. The van der Waals surface area contributed by atoms with Gasteiger partial charge < -0.3 is 9.88 Å². The quantitative estimate of drug-likeness (QED) is 0.757. The number of nitrogens with one attached hydrogen (secondary N) is 1. The van der Waals surface area contributed by atoms with Crippen molar-refractivity contribution in [3.63, 3.8) is 0 Å². The third kappa shape index (κ3) is 3.78. The highest BCUT2D eigenvalue weighted by atomic mass is 19.4. The van der Waals surface area contributed by atoms with Crippen LogP contribution in [0.25, 0.3) is 0 Å². The van der Waals surface area contributed by atoms with Crippen molar-refractivity contribution in [2.24, 2.45) is 7.05 Å². The molecule has 80 valence electrons. The monoisotopic (exact) mass is 207 g/mol. The van der Waals surface area contributed by atoms with Crippen LogP contribution in [0.2, 0.25) is 0 Å². The van der Waals surface area contributed by atoms with E-state index in [-0.39, 0.29) is 6.54 Å². The Morgan fingerprint density at radius 1 is 1.50 bits per heavy atom. The molecule has 0 aliphatic rings. The molecular weight excluding hydrogens is 195 g/mol. The number of halogens is 3. The van der Waals surface area contributed by atoms with Crippen molar-refractivity contribution in [3.8, 4) is 0 Å². The summed E-state index contributed by atoms with van der Waals surface area (Å²) < 4.78 is 37.0. The third-order valence-electron chi connectivity index (χ3n) is 1.81. The highest BCUT2D eigenvalue weighted by Gasteiger charge is 2.25. The number of hydrogen-bond acceptors (Lipinski definition) is 2. The number of rotatable bonds is 4. The van der Waals surface area contributed by atoms with E-state index < -0.39 is 12.6 Å². The van der Waals surface area contributed by atoms with Crippen molar-refractivity contribution in [1.82, 2.24) is 14.9 Å². The maximum absolute atomic E-state index is 11.7. The molecule has 0 fully saturated rings. The van der Waals surface area contributed by atoms with Gasteiger partial charge in [-0.15, -0.1) is 0 Å². The molecule has 1 heterocycles. The Hall–Kier alpha value is -1.04. The Labute approximate surface area is 79.9 Å². The first-order valence-corrected chi connectivity index (χ1v) is 4.22. The van der Waals surface area contributed by atoms with Crippen LogP contribution < -0.4 is 5.32 Å². The fourth-order valence-electron chi connectivity index (χ4n) is 1.00. The fourth-order valence-corrected chi connectivity index (χ4v) is 1.00. The van der Waals surface area contributed by atoms with Crippen LogP contribution in [0, 0.1) is 0 Å². The second-order valence-corrected chi connectivity index (χ2v) is 3.04. The summed E-state index contributed by atoms with van der Waals surface area (Å²) in [5.74, 6) is 0. The summed E-state index contributed by atoms with van der Waals surface area (Å²) in [6, 6.07) is 0. The smallest absolute Gasteiger partial charge is 0.337 e. The van der Waals surface area contributed by atoms with Gasteiger partial charge in [0, 0.05) is 26.3 Å². The van der Waals surface area contributed by atoms with Gasteiger partial charge in [-0.2, -0.15) is 13.2 Å². The lowest BCUT2D eigenvalue weighted by molar-refractivity contribution is -0.133. The summed E-state index contributed by atoms with van der Waals surface area (Å²) in [5, 5.41) is 2.70. The lowest BCUT2D eigenvalue weighted by atomic mass is 10.4. The largest absolute Gasteiger partial charge is 0.390 e. The SMILES string of the molecule is Cn1cncc1CNCCC(F)(F)F. The van der Waals surface area contributed by atoms with E-state index in [1.54, 1.807) is 24.1 Å². The molecule has 0 aliphatic heterocycles. The molecule has 14 heavy (non-hydrogen) atoms. The summed E-state index contributed by atoms with van der Waals surface area (Å²) >= 11 is 0. The van der Waals surface area contributed by atoms with Crippen LogP contribution in [0.4, 0.5) is 13.2 Å². The topological polar surface area (TPSA) is 29.9 Å². The van der Waals surface area contributed by atoms with Crippen molar-refractivity contribution in [2.75, 3.05) is 6.54 Å². The van der Waals surface area contributed by atoms with Crippen molar-refractivity contribution in [3.05, 3.63) is 18.2 Å². The van der Waals surface area contributed by atoms with Crippen molar-refractivity contribution < 1.29 is 13.2 Å². The van der Waals surface area contributed by atoms with E-state index in [0.717, 1.165) is 5.69 Å². The first-order chi connectivity index (χ1) is 6.49. The number of nitrogens with zero attached hydrogens (tertiary/aromatic N) is 2. The molecule has 0 saturated carbocycles. The van der Waals surface area contributed by atoms with Crippen LogP contribution in [-0.2, 0) is 13.6 Å². The van der Waals surface area contributed by atoms with Gasteiger partial charge in [0.15, 0.2) is 0 Å². The molecule has 0 unspecified atom stereocenters. The number of imidazole rings is 1. The lowest BCUT2D eigenvalue weighted by Gasteiger charge is -2.07. The zero-order chi connectivity index (χ0) is 10.6. The average Bonchev–Trinajstić information content (AvgIpc) is 2.44. The van der Waals surface area contributed by atoms with Crippen LogP contribution in [-0.4, -0.2) is 22.3 Å². The van der Waals surface area contributed by atoms with Gasteiger partial charge in [0.05, 0.1) is 18.4 Å². The van der Waals surface area contributed by atoms with E-state index in [0.29, 0.717) is 6.54 Å². The zero-order valence-electron chi connectivity index (χ0n) is 7.80. The molecule has 3 nitrogen and oxygen atoms in total. The van der Waals surface area contributed by atoms with E-state index in [1.807, 2.05) is 0 Å². The second kappa shape index (κ2) is 4.45. The van der Waals surface area contributed by atoms with E-state index in [4.69, 9.17) is 0 Å². The van der Waals surface area contributed by atoms with Crippen LogP contribution in [0.5, 0.6) is 0 Å². The maximum atomic E-state index is 11.7. The highest BCUT2D eigenvalue weighted by Crippen LogP contribution is 2.18. The minimum atomic E-state index is -4.08. The number of alkyl halides is 3.